The van der Waals surface area contributed by atoms with Gasteiger partial charge in [-0.3, -0.25) is 0 Å². The van der Waals surface area contributed by atoms with E-state index in [1.807, 2.05) is 37.3 Å². The van der Waals surface area contributed by atoms with Crippen molar-refractivity contribution in [1.29, 1.82) is 0 Å². The minimum atomic E-state index is -0.0915. The lowest BCUT2D eigenvalue weighted by atomic mass is 10.2. The molecule has 8 heavy (non-hydrogen) atoms. The highest BCUT2D eigenvalue weighted by molar-refractivity contribution is 5.13. The van der Waals surface area contributed by atoms with Gasteiger partial charge in [0.15, 0.2) is 0 Å². The van der Waals surface area contributed by atoms with Crippen LogP contribution in [0, 0.1) is 0 Å². The number of hydrogen-bond donors (Lipinski definition) is 0. The summed E-state index contributed by atoms with van der Waals surface area (Å²) < 4.78 is 7.32. The molecule has 0 fully saturated rings. The van der Waals surface area contributed by atoms with Gasteiger partial charge in [0, 0.05) is 1.37 Å². The summed E-state index contributed by atoms with van der Waals surface area (Å²) in [6, 6.07) is 9.82. The maximum atomic E-state index is 7.32. The highest BCUT2D eigenvalue weighted by atomic mass is 13.9. The van der Waals surface area contributed by atoms with Crippen molar-refractivity contribution in [1.82, 2.24) is 0 Å². The summed E-state index contributed by atoms with van der Waals surface area (Å²) in [5.41, 5.74) is 1.08. The molecule has 1 rings (SSSR count). The van der Waals surface area contributed by atoms with Crippen molar-refractivity contribution in [2.45, 2.75) is 13.3 Å². The second-order valence-corrected chi connectivity index (χ2v) is 1.70. The first-order chi connectivity index (χ1) is 4.30. The van der Waals surface area contributed by atoms with Crippen LogP contribution in [0.25, 0.3) is 0 Å². The Morgan fingerprint density at radius 2 is 2.00 bits per heavy atom. The van der Waals surface area contributed by atoms with Gasteiger partial charge in [0.1, 0.15) is 0 Å². The SMILES string of the molecule is [2H]C(C)c1ccccc1. The van der Waals surface area contributed by atoms with Crippen LogP contribution in [0.3, 0.4) is 0 Å². The first kappa shape index (κ1) is 4.13. The van der Waals surface area contributed by atoms with E-state index >= 15 is 0 Å². The van der Waals surface area contributed by atoms with Crippen LogP contribution in [0.2, 0.25) is 0 Å². The van der Waals surface area contributed by atoms with Crippen molar-refractivity contribution in [3.8, 4) is 0 Å². The third-order valence-corrected chi connectivity index (χ3v) is 1.13. The van der Waals surface area contributed by atoms with Gasteiger partial charge in [0.25, 0.3) is 0 Å². The minimum Gasteiger partial charge on any atom is -0.0622 e. The summed E-state index contributed by atoms with van der Waals surface area (Å²) in [7, 11) is 0. The lowest BCUT2D eigenvalue weighted by Gasteiger charge is -1.89. The molecule has 0 N–H and O–H groups in total. The lowest BCUT2D eigenvalue weighted by molar-refractivity contribution is 1.14. The number of hydrogen-bond acceptors (Lipinski definition) is 0. The van der Waals surface area contributed by atoms with E-state index in [4.69, 9.17) is 1.37 Å². The van der Waals surface area contributed by atoms with Gasteiger partial charge in [0.05, 0.1) is 0 Å². The lowest BCUT2D eigenvalue weighted by Crippen LogP contribution is -1.73. The average molecular weight is 107 g/mol. The van der Waals surface area contributed by atoms with E-state index in [9.17, 15) is 0 Å². The molecule has 1 unspecified atom stereocenters. The van der Waals surface area contributed by atoms with Crippen molar-refractivity contribution >= 4 is 0 Å². The third kappa shape index (κ3) is 1.09. The van der Waals surface area contributed by atoms with Gasteiger partial charge >= 0.3 is 0 Å². The monoisotopic (exact) mass is 107 g/mol. The third-order valence-electron chi connectivity index (χ3n) is 1.13. The van der Waals surface area contributed by atoms with Crippen LogP contribution >= 0.6 is 0 Å². The molecule has 0 heteroatoms. The van der Waals surface area contributed by atoms with E-state index in [1.165, 1.54) is 0 Å². The normalized spacial score (nSPS) is 14.9. The van der Waals surface area contributed by atoms with E-state index in [2.05, 4.69) is 0 Å². The van der Waals surface area contributed by atoms with Crippen molar-refractivity contribution in [2.75, 3.05) is 0 Å². The van der Waals surface area contributed by atoms with Crippen LogP contribution in [-0.2, 0) is 6.40 Å². The number of aryl methyl sites for hydroxylation is 1. The average Bonchev–Trinajstić information content (AvgIpc) is 1.90. The van der Waals surface area contributed by atoms with Crippen LogP contribution in [0.1, 0.15) is 13.9 Å². The molecule has 42 valence electrons. The molecule has 0 bridgehead atoms. The Morgan fingerprint density at radius 1 is 1.38 bits per heavy atom. The Labute approximate surface area is 51.6 Å². The van der Waals surface area contributed by atoms with E-state index in [0.29, 0.717) is 0 Å². The highest BCUT2D eigenvalue weighted by Gasteiger charge is 1.79. The van der Waals surface area contributed by atoms with E-state index in [1.54, 1.807) is 0 Å². The van der Waals surface area contributed by atoms with Gasteiger partial charge in [-0.05, 0) is 12.0 Å². The Morgan fingerprint density at radius 3 is 2.38 bits per heavy atom. The molecule has 0 aromatic heterocycles. The van der Waals surface area contributed by atoms with E-state index < -0.39 is 0 Å². The Kier molecular flexibility index (Phi) is 1.30. The molecule has 0 heterocycles. The Hall–Kier alpha value is -0.780. The van der Waals surface area contributed by atoms with Crippen LogP contribution in [-0.4, -0.2) is 0 Å². The molecule has 0 nitrogen and oxygen atoms in total. The molecule has 0 spiro atoms. The van der Waals surface area contributed by atoms with Gasteiger partial charge in [-0.2, -0.15) is 0 Å². The van der Waals surface area contributed by atoms with Crippen LogP contribution in [0.5, 0.6) is 0 Å². The molecule has 0 saturated carbocycles. The van der Waals surface area contributed by atoms with Crippen LogP contribution < -0.4 is 0 Å². The van der Waals surface area contributed by atoms with Crippen LogP contribution in [0.15, 0.2) is 30.3 Å². The second kappa shape index (κ2) is 2.51. The zero-order valence-corrected chi connectivity index (χ0v) is 4.96. The van der Waals surface area contributed by atoms with Crippen molar-refractivity contribution < 1.29 is 1.37 Å². The molecule has 1 atom stereocenters. The van der Waals surface area contributed by atoms with Gasteiger partial charge in [-0.1, -0.05) is 37.3 Å². The maximum absolute atomic E-state index is 7.32. The fourth-order valence-corrected chi connectivity index (χ4v) is 0.645. The van der Waals surface area contributed by atoms with Gasteiger partial charge in [-0.25, -0.2) is 0 Å². The molecule has 1 aromatic rings. The van der Waals surface area contributed by atoms with Crippen LogP contribution in [0.4, 0.5) is 0 Å². The summed E-state index contributed by atoms with van der Waals surface area (Å²) in [6.07, 6.45) is -0.0915. The fourth-order valence-electron chi connectivity index (χ4n) is 0.645. The molecule has 0 aliphatic heterocycles. The summed E-state index contributed by atoms with van der Waals surface area (Å²) in [4.78, 5) is 0. The van der Waals surface area contributed by atoms with Gasteiger partial charge < -0.3 is 0 Å². The second-order valence-electron chi connectivity index (χ2n) is 1.70. The molecular weight excluding hydrogens is 96.1 g/mol. The first-order valence-corrected chi connectivity index (χ1v) is 2.78. The molecule has 0 radical (unpaired) electrons. The van der Waals surface area contributed by atoms with Crippen molar-refractivity contribution in [3.05, 3.63) is 35.9 Å². The Balaban J connectivity index is 2.85. The highest BCUT2D eigenvalue weighted by Crippen LogP contribution is 1.96. The number of benzene rings is 1. The first-order valence-electron chi connectivity index (χ1n) is 3.35. The zero-order chi connectivity index (χ0) is 6.69. The topological polar surface area (TPSA) is 0 Å². The van der Waals surface area contributed by atoms with Gasteiger partial charge in [-0.15, -0.1) is 0 Å². The summed E-state index contributed by atoms with van der Waals surface area (Å²) in [6.45, 7) is 1.87. The summed E-state index contributed by atoms with van der Waals surface area (Å²) in [5, 5.41) is 0. The largest absolute Gasteiger partial charge is 0.0622 e. The standard InChI is InChI=1S/C8H10/c1-2-8-6-4-3-5-7-8/h3-7H,2H2,1H3/i2D. The van der Waals surface area contributed by atoms with Crippen molar-refractivity contribution in [2.24, 2.45) is 0 Å². The number of rotatable bonds is 1. The molecule has 1 aromatic carbocycles. The minimum absolute atomic E-state index is 0.0915. The molecular formula is C8H10. The summed E-state index contributed by atoms with van der Waals surface area (Å²) in [5.74, 6) is 0. The van der Waals surface area contributed by atoms with E-state index in [-0.39, 0.29) is 6.40 Å². The predicted molar refractivity (Wildman–Crippen MR) is 35.8 cm³/mol. The molecule has 0 aliphatic rings. The maximum Gasteiger partial charge on any atom is 0.0313 e. The van der Waals surface area contributed by atoms with Crippen molar-refractivity contribution in [3.63, 3.8) is 0 Å². The smallest absolute Gasteiger partial charge is 0.0313 e. The predicted octanol–water partition coefficient (Wildman–Crippen LogP) is 2.25. The molecule has 0 saturated heterocycles. The fraction of sp³-hybridized carbons (Fsp3) is 0.250. The summed E-state index contributed by atoms with van der Waals surface area (Å²) >= 11 is 0. The Bertz CT molecular complexity index is 167. The van der Waals surface area contributed by atoms with E-state index in [0.717, 1.165) is 5.56 Å². The molecule has 0 aliphatic carbocycles. The van der Waals surface area contributed by atoms with Gasteiger partial charge in [0.2, 0.25) is 0 Å². The quantitative estimate of drug-likeness (QED) is 0.516. The zero-order valence-electron chi connectivity index (χ0n) is 5.96. The molecule has 0 amide bonds.